The average Bonchev–Trinajstić information content (AvgIpc) is 2.95. The molecule has 1 saturated heterocycles. The SMILES string of the molecule is Cc1sc(NC(=O)c2ccc(S(=O)(=O)N3CCC(C)CC3)cc2)c(C#N)c1C. The van der Waals surface area contributed by atoms with Crippen LogP contribution in [0.15, 0.2) is 29.2 Å². The standard InChI is InChI=1S/C20H23N3O3S2/c1-13-8-10-23(11-9-13)28(25,26)17-6-4-16(5-7-17)19(24)22-20-18(12-21)14(2)15(3)27-20/h4-7,13H,8-11H2,1-3H3,(H,22,24). The Morgan fingerprint density at radius 2 is 1.82 bits per heavy atom. The van der Waals surface area contributed by atoms with E-state index in [-0.39, 0.29) is 10.8 Å². The Bertz CT molecular complexity index is 1030. The molecule has 148 valence electrons. The first kappa shape index (κ1) is 20.5. The fourth-order valence-corrected chi connectivity index (χ4v) is 5.65. The lowest BCUT2D eigenvalue weighted by molar-refractivity contribution is 0.102. The Balaban J connectivity index is 1.76. The first-order valence-corrected chi connectivity index (χ1v) is 11.4. The molecule has 1 aliphatic rings. The second-order valence-electron chi connectivity index (χ2n) is 7.16. The summed E-state index contributed by atoms with van der Waals surface area (Å²) < 4.78 is 27.1. The van der Waals surface area contributed by atoms with E-state index in [1.807, 2.05) is 13.8 Å². The van der Waals surface area contributed by atoms with Crippen LogP contribution in [0.2, 0.25) is 0 Å². The van der Waals surface area contributed by atoms with Gasteiger partial charge >= 0.3 is 0 Å². The molecule has 0 radical (unpaired) electrons. The van der Waals surface area contributed by atoms with Crippen molar-refractivity contribution in [2.45, 2.75) is 38.5 Å². The molecule has 3 rings (SSSR count). The molecule has 1 aliphatic heterocycles. The van der Waals surface area contributed by atoms with Gasteiger partial charge < -0.3 is 5.32 Å². The number of benzene rings is 1. The molecule has 28 heavy (non-hydrogen) atoms. The second kappa shape index (κ2) is 8.03. The number of amides is 1. The summed E-state index contributed by atoms with van der Waals surface area (Å²) in [6.45, 7) is 6.93. The van der Waals surface area contributed by atoms with Crippen LogP contribution in [0.3, 0.4) is 0 Å². The predicted molar refractivity (Wildman–Crippen MR) is 110 cm³/mol. The lowest BCUT2D eigenvalue weighted by atomic mass is 10.0. The van der Waals surface area contributed by atoms with E-state index in [4.69, 9.17) is 0 Å². The number of nitriles is 1. The number of nitrogens with one attached hydrogen (secondary N) is 1. The van der Waals surface area contributed by atoms with Crippen LogP contribution >= 0.6 is 11.3 Å². The zero-order chi connectivity index (χ0) is 20.5. The van der Waals surface area contributed by atoms with Gasteiger partial charge in [0.2, 0.25) is 10.0 Å². The second-order valence-corrected chi connectivity index (χ2v) is 10.3. The van der Waals surface area contributed by atoms with Crippen LogP contribution in [0.1, 0.15) is 46.1 Å². The Kier molecular flexibility index (Phi) is 5.89. The van der Waals surface area contributed by atoms with E-state index in [0.717, 1.165) is 23.3 Å². The monoisotopic (exact) mass is 417 g/mol. The quantitative estimate of drug-likeness (QED) is 0.817. The molecule has 1 aromatic carbocycles. The van der Waals surface area contributed by atoms with Crippen LogP contribution < -0.4 is 5.32 Å². The third kappa shape index (κ3) is 3.97. The highest BCUT2D eigenvalue weighted by Crippen LogP contribution is 2.32. The maximum absolute atomic E-state index is 12.8. The third-order valence-corrected chi connectivity index (χ3v) is 8.26. The molecule has 0 saturated carbocycles. The molecule has 0 bridgehead atoms. The molecular weight excluding hydrogens is 394 g/mol. The Labute approximate surface area is 169 Å². The summed E-state index contributed by atoms with van der Waals surface area (Å²) >= 11 is 1.36. The zero-order valence-corrected chi connectivity index (χ0v) is 17.8. The number of hydrogen-bond acceptors (Lipinski definition) is 5. The molecule has 2 heterocycles. The van der Waals surface area contributed by atoms with E-state index < -0.39 is 10.0 Å². The van der Waals surface area contributed by atoms with Gasteiger partial charge in [-0.05, 0) is 62.4 Å². The largest absolute Gasteiger partial charge is 0.312 e. The van der Waals surface area contributed by atoms with Crippen LogP contribution in [0.25, 0.3) is 0 Å². The number of sulfonamides is 1. The van der Waals surface area contributed by atoms with Crippen molar-refractivity contribution in [3.63, 3.8) is 0 Å². The summed E-state index contributed by atoms with van der Waals surface area (Å²) in [4.78, 5) is 13.7. The smallest absolute Gasteiger partial charge is 0.256 e. The number of carbonyl (C=O) groups excluding carboxylic acids is 1. The maximum atomic E-state index is 12.8. The van der Waals surface area contributed by atoms with E-state index in [2.05, 4.69) is 18.3 Å². The van der Waals surface area contributed by atoms with Gasteiger partial charge in [-0.15, -0.1) is 11.3 Å². The van der Waals surface area contributed by atoms with Crippen LogP contribution in [0.5, 0.6) is 0 Å². The van der Waals surface area contributed by atoms with Gasteiger partial charge in [-0.1, -0.05) is 6.92 Å². The molecule has 1 N–H and O–H groups in total. The van der Waals surface area contributed by atoms with Gasteiger partial charge in [0, 0.05) is 23.5 Å². The molecule has 0 spiro atoms. The molecular formula is C20H23N3O3S2. The molecule has 1 fully saturated rings. The number of nitrogens with zero attached hydrogens (tertiary/aromatic N) is 2. The predicted octanol–water partition coefficient (Wildman–Crippen LogP) is 3.91. The average molecular weight is 418 g/mol. The molecule has 1 aromatic heterocycles. The highest BCUT2D eigenvalue weighted by atomic mass is 32.2. The maximum Gasteiger partial charge on any atom is 0.256 e. The number of aryl methyl sites for hydroxylation is 1. The third-order valence-electron chi connectivity index (χ3n) is 5.22. The zero-order valence-electron chi connectivity index (χ0n) is 16.2. The van der Waals surface area contributed by atoms with Crippen molar-refractivity contribution in [2.24, 2.45) is 5.92 Å². The van der Waals surface area contributed by atoms with Crippen LogP contribution in [-0.2, 0) is 10.0 Å². The lowest BCUT2D eigenvalue weighted by Gasteiger charge is -2.29. The number of thiophene rings is 1. The van der Waals surface area contributed by atoms with Gasteiger partial charge in [-0.3, -0.25) is 4.79 Å². The van der Waals surface area contributed by atoms with Crippen LogP contribution in [0.4, 0.5) is 5.00 Å². The molecule has 1 amide bonds. The van der Waals surface area contributed by atoms with E-state index in [1.54, 1.807) is 0 Å². The van der Waals surface area contributed by atoms with Crippen molar-refractivity contribution in [3.8, 4) is 6.07 Å². The minimum atomic E-state index is -3.54. The highest BCUT2D eigenvalue weighted by molar-refractivity contribution is 7.89. The Morgan fingerprint density at radius 1 is 1.21 bits per heavy atom. The first-order valence-electron chi connectivity index (χ1n) is 9.15. The van der Waals surface area contributed by atoms with Gasteiger partial charge in [0.15, 0.2) is 0 Å². The number of rotatable bonds is 4. The van der Waals surface area contributed by atoms with Gasteiger partial charge in [-0.25, -0.2) is 8.42 Å². The number of anilines is 1. The number of piperidine rings is 1. The minimum absolute atomic E-state index is 0.194. The normalized spacial score (nSPS) is 15.9. The molecule has 0 atom stereocenters. The summed E-state index contributed by atoms with van der Waals surface area (Å²) in [5.41, 5.74) is 1.67. The molecule has 6 nitrogen and oxygen atoms in total. The summed E-state index contributed by atoms with van der Waals surface area (Å²) in [7, 11) is -3.54. The van der Waals surface area contributed by atoms with Crippen LogP contribution in [0, 0.1) is 31.1 Å². The van der Waals surface area contributed by atoms with Crippen molar-refractivity contribution in [1.29, 1.82) is 5.26 Å². The van der Waals surface area contributed by atoms with Gasteiger partial charge in [0.1, 0.15) is 11.1 Å². The van der Waals surface area contributed by atoms with E-state index in [0.29, 0.717) is 35.1 Å². The summed E-state index contributed by atoms with van der Waals surface area (Å²) in [6.07, 6.45) is 1.72. The van der Waals surface area contributed by atoms with Crippen LogP contribution in [-0.4, -0.2) is 31.7 Å². The van der Waals surface area contributed by atoms with Gasteiger partial charge in [0.05, 0.1) is 10.5 Å². The topological polar surface area (TPSA) is 90.3 Å². The van der Waals surface area contributed by atoms with E-state index >= 15 is 0 Å². The fourth-order valence-electron chi connectivity index (χ4n) is 3.18. The molecule has 8 heteroatoms. The van der Waals surface area contributed by atoms with Gasteiger partial charge in [0.25, 0.3) is 5.91 Å². The van der Waals surface area contributed by atoms with Crippen molar-refractivity contribution < 1.29 is 13.2 Å². The molecule has 0 aliphatic carbocycles. The first-order chi connectivity index (χ1) is 13.2. The molecule has 2 aromatic rings. The summed E-state index contributed by atoms with van der Waals surface area (Å²) in [5, 5.41) is 12.6. The van der Waals surface area contributed by atoms with E-state index in [1.165, 1.54) is 39.9 Å². The van der Waals surface area contributed by atoms with Crippen molar-refractivity contribution >= 4 is 32.3 Å². The van der Waals surface area contributed by atoms with Crippen molar-refractivity contribution in [3.05, 3.63) is 45.8 Å². The number of carbonyl (C=O) groups is 1. The fraction of sp³-hybridized carbons (Fsp3) is 0.400. The van der Waals surface area contributed by atoms with E-state index in [9.17, 15) is 18.5 Å². The van der Waals surface area contributed by atoms with Crippen molar-refractivity contribution in [1.82, 2.24) is 4.31 Å². The minimum Gasteiger partial charge on any atom is -0.312 e. The molecule has 0 unspecified atom stereocenters. The van der Waals surface area contributed by atoms with Gasteiger partial charge in [-0.2, -0.15) is 9.57 Å². The summed E-state index contributed by atoms with van der Waals surface area (Å²) in [6, 6.07) is 8.08. The Morgan fingerprint density at radius 3 is 2.39 bits per heavy atom. The number of hydrogen-bond donors (Lipinski definition) is 1. The summed E-state index contributed by atoms with van der Waals surface area (Å²) in [5.74, 6) is 0.175. The van der Waals surface area contributed by atoms with Crippen molar-refractivity contribution in [2.75, 3.05) is 18.4 Å². The lowest BCUT2D eigenvalue weighted by Crippen LogP contribution is -2.37. The highest BCUT2D eigenvalue weighted by Gasteiger charge is 2.28. The Hall–Kier alpha value is -2.21.